The van der Waals surface area contributed by atoms with Gasteiger partial charge in [0.15, 0.2) is 0 Å². The highest BCUT2D eigenvalue weighted by Gasteiger charge is 2.32. The van der Waals surface area contributed by atoms with E-state index in [1.165, 1.54) is 6.42 Å². The second-order valence-electron chi connectivity index (χ2n) is 5.96. The maximum atomic E-state index is 12.7. The fourth-order valence-electron chi connectivity index (χ4n) is 2.95. The smallest absolute Gasteiger partial charge is 0.254 e. The summed E-state index contributed by atoms with van der Waals surface area (Å²) in [6, 6.07) is 7.57. The van der Waals surface area contributed by atoms with Gasteiger partial charge in [0.1, 0.15) is 4.99 Å². The highest BCUT2D eigenvalue weighted by Crippen LogP contribution is 2.28. The largest absolute Gasteiger partial charge is 0.389 e. The fraction of sp³-hybridized carbons (Fsp3) is 0.500. The lowest BCUT2D eigenvalue weighted by molar-refractivity contribution is 0.0455. The summed E-state index contributed by atoms with van der Waals surface area (Å²) in [5.74, 6) is 1.15. The lowest BCUT2D eigenvalue weighted by Gasteiger charge is -2.41. The van der Waals surface area contributed by atoms with Crippen LogP contribution in [0.1, 0.15) is 43.1 Å². The van der Waals surface area contributed by atoms with Crippen molar-refractivity contribution in [3.05, 3.63) is 35.4 Å². The van der Waals surface area contributed by atoms with E-state index in [-0.39, 0.29) is 11.9 Å². The zero-order valence-electron chi connectivity index (χ0n) is 12.3. The lowest BCUT2D eigenvalue weighted by Crippen LogP contribution is -2.48. The van der Waals surface area contributed by atoms with Crippen LogP contribution in [0, 0.1) is 11.8 Å². The van der Waals surface area contributed by atoms with Crippen LogP contribution in [0.3, 0.4) is 0 Å². The van der Waals surface area contributed by atoms with E-state index in [1.54, 1.807) is 6.07 Å². The number of carbonyl (C=O) groups excluding carboxylic acids is 1. The van der Waals surface area contributed by atoms with E-state index in [9.17, 15) is 4.79 Å². The van der Waals surface area contributed by atoms with E-state index in [2.05, 4.69) is 20.8 Å². The molecular formula is C16H22N2OS. The van der Waals surface area contributed by atoms with Crippen molar-refractivity contribution in [2.75, 3.05) is 6.54 Å². The van der Waals surface area contributed by atoms with Crippen LogP contribution in [0.2, 0.25) is 0 Å². The molecule has 0 bridgehead atoms. The highest BCUT2D eigenvalue weighted by molar-refractivity contribution is 7.80. The van der Waals surface area contributed by atoms with Gasteiger partial charge >= 0.3 is 0 Å². The summed E-state index contributed by atoms with van der Waals surface area (Å²) in [4.78, 5) is 15.0. The number of hydrogen-bond acceptors (Lipinski definition) is 2. The Balaban J connectivity index is 2.26. The number of likely N-dealkylation sites (tertiary alicyclic amines) is 1. The Bertz CT molecular complexity index is 529. The van der Waals surface area contributed by atoms with Gasteiger partial charge in [-0.2, -0.15) is 0 Å². The van der Waals surface area contributed by atoms with Crippen LogP contribution in [-0.4, -0.2) is 28.4 Å². The predicted octanol–water partition coefficient (Wildman–Crippen LogP) is 2.83. The summed E-state index contributed by atoms with van der Waals surface area (Å²) in [5.41, 5.74) is 7.06. The number of thiocarbonyl (C=S) groups is 1. The summed E-state index contributed by atoms with van der Waals surface area (Å²) < 4.78 is 0. The van der Waals surface area contributed by atoms with Gasteiger partial charge in [0, 0.05) is 23.7 Å². The van der Waals surface area contributed by atoms with Gasteiger partial charge in [-0.3, -0.25) is 4.79 Å². The number of hydrogen-bond donors (Lipinski definition) is 1. The Morgan fingerprint density at radius 1 is 1.30 bits per heavy atom. The molecule has 4 heteroatoms. The molecule has 20 heavy (non-hydrogen) atoms. The maximum absolute atomic E-state index is 12.7. The number of benzene rings is 1. The first-order valence-electron chi connectivity index (χ1n) is 7.11. The molecule has 0 aliphatic carbocycles. The van der Waals surface area contributed by atoms with E-state index >= 15 is 0 Å². The summed E-state index contributed by atoms with van der Waals surface area (Å²) in [6.07, 6.45) is 1.18. The molecule has 3 nitrogen and oxygen atoms in total. The van der Waals surface area contributed by atoms with Crippen molar-refractivity contribution in [2.45, 2.75) is 33.2 Å². The van der Waals surface area contributed by atoms with Gasteiger partial charge in [-0.05, 0) is 37.3 Å². The van der Waals surface area contributed by atoms with Crippen LogP contribution in [0.5, 0.6) is 0 Å². The zero-order valence-corrected chi connectivity index (χ0v) is 13.1. The normalized spacial score (nSPS) is 26.4. The topological polar surface area (TPSA) is 46.3 Å². The van der Waals surface area contributed by atoms with Crippen molar-refractivity contribution in [1.82, 2.24) is 4.90 Å². The molecule has 1 aromatic rings. The predicted molar refractivity (Wildman–Crippen MR) is 85.8 cm³/mol. The Labute approximate surface area is 126 Å². The van der Waals surface area contributed by atoms with Gasteiger partial charge in [0.2, 0.25) is 0 Å². The van der Waals surface area contributed by atoms with E-state index in [4.69, 9.17) is 18.0 Å². The molecule has 1 aromatic carbocycles. The number of rotatable bonds is 2. The van der Waals surface area contributed by atoms with E-state index in [0.29, 0.717) is 22.4 Å². The molecule has 0 radical (unpaired) electrons. The minimum Gasteiger partial charge on any atom is -0.389 e. The average Bonchev–Trinajstić information content (AvgIpc) is 2.42. The van der Waals surface area contributed by atoms with Crippen molar-refractivity contribution < 1.29 is 4.79 Å². The molecule has 2 rings (SSSR count). The first-order valence-corrected chi connectivity index (χ1v) is 7.51. The summed E-state index contributed by atoms with van der Waals surface area (Å²) >= 11 is 4.98. The molecule has 1 heterocycles. The van der Waals surface area contributed by atoms with E-state index < -0.39 is 0 Å². The van der Waals surface area contributed by atoms with Crippen LogP contribution in [0.15, 0.2) is 24.3 Å². The lowest BCUT2D eigenvalue weighted by atomic mass is 9.85. The maximum Gasteiger partial charge on any atom is 0.254 e. The van der Waals surface area contributed by atoms with Crippen LogP contribution in [-0.2, 0) is 0 Å². The van der Waals surface area contributed by atoms with Gasteiger partial charge in [0.05, 0.1) is 0 Å². The Kier molecular flexibility index (Phi) is 4.43. The second kappa shape index (κ2) is 5.92. The van der Waals surface area contributed by atoms with Crippen molar-refractivity contribution in [3.63, 3.8) is 0 Å². The molecule has 0 saturated carbocycles. The number of amides is 1. The van der Waals surface area contributed by atoms with Crippen LogP contribution in [0.4, 0.5) is 0 Å². The first kappa shape index (κ1) is 15.0. The number of carbonyl (C=O) groups is 1. The number of nitrogens with two attached hydrogens (primary N) is 1. The summed E-state index contributed by atoms with van der Waals surface area (Å²) in [5, 5.41) is 0. The molecule has 1 aliphatic heterocycles. The molecule has 1 saturated heterocycles. The zero-order chi connectivity index (χ0) is 14.9. The van der Waals surface area contributed by atoms with Crippen LogP contribution in [0.25, 0.3) is 0 Å². The van der Waals surface area contributed by atoms with Gasteiger partial charge in [0.25, 0.3) is 5.91 Å². The standard InChI is InChI=1S/C16H22N2OS/c1-10-7-11(2)12(3)18(9-10)16(19)14-6-4-5-13(8-14)15(17)20/h4-6,8,10-12H,7,9H2,1-3H3,(H2,17,20). The minimum absolute atomic E-state index is 0.0778. The molecule has 108 valence electrons. The van der Waals surface area contributed by atoms with Gasteiger partial charge in [-0.15, -0.1) is 0 Å². The summed E-state index contributed by atoms with van der Waals surface area (Å²) in [6.45, 7) is 7.37. The number of piperidine rings is 1. The molecule has 1 amide bonds. The van der Waals surface area contributed by atoms with Gasteiger partial charge in [-0.1, -0.05) is 38.2 Å². The van der Waals surface area contributed by atoms with Crippen molar-refractivity contribution >= 4 is 23.1 Å². The van der Waals surface area contributed by atoms with Crippen LogP contribution < -0.4 is 5.73 Å². The Morgan fingerprint density at radius 3 is 2.60 bits per heavy atom. The molecule has 3 atom stereocenters. The quantitative estimate of drug-likeness (QED) is 0.852. The third-order valence-electron chi connectivity index (χ3n) is 4.25. The Hall–Kier alpha value is -1.42. The van der Waals surface area contributed by atoms with Crippen LogP contribution >= 0.6 is 12.2 Å². The van der Waals surface area contributed by atoms with E-state index in [0.717, 1.165) is 12.1 Å². The molecule has 0 spiro atoms. The first-order chi connectivity index (χ1) is 9.40. The number of nitrogens with zero attached hydrogens (tertiary/aromatic N) is 1. The molecule has 1 fully saturated rings. The SMILES string of the molecule is CC1CC(C)C(C)N(C(=O)c2cccc(C(N)=S)c2)C1. The third kappa shape index (κ3) is 3.01. The highest BCUT2D eigenvalue weighted by atomic mass is 32.1. The third-order valence-corrected chi connectivity index (χ3v) is 4.49. The Morgan fingerprint density at radius 2 is 1.95 bits per heavy atom. The average molecular weight is 290 g/mol. The second-order valence-corrected chi connectivity index (χ2v) is 6.40. The molecule has 3 unspecified atom stereocenters. The van der Waals surface area contributed by atoms with Crippen molar-refractivity contribution in [1.29, 1.82) is 0 Å². The fourth-order valence-corrected chi connectivity index (χ4v) is 3.08. The van der Waals surface area contributed by atoms with Gasteiger partial charge < -0.3 is 10.6 Å². The molecular weight excluding hydrogens is 268 g/mol. The van der Waals surface area contributed by atoms with E-state index in [1.807, 2.05) is 23.1 Å². The van der Waals surface area contributed by atoms with Gasteiger partial charge in [-0.25, -0.2) is 0 Å². The molecule has 0 aromatic heterocycles. The minimum atomic E-state index is 0.0778. The van der Waals surface area contributed by atoms with Crippen molar-refractivity contribution in [3.8, 4) is 0 Å². The summed E-state index contributed by atoms with van der Waals surface area (Å²) in [7, 11) is 0. The van der Waals surface area contributed by atoms with Crippen molar-refractivity contribution in [2.24, 2.45) is 17.6 Å². The molecule has 1 aliphatic rings. The monoisotopic (exact) mass is 290 g/mol. The molecule has 2 N–H and O–H groups in total.